The van der Waals surface area contributed by atoms with Gasteiger partial charge >= 0.3 is 0 Å². The van der Waals surface area contributed by atoms with Crippen molar-refractivity contribution < 1.29 is 4.74 Å². The highest BCUT2D eigenvalue weighted by molar-refractivity contribution is 5.14. The maximum absolute atomic E-state index is 5.40. The predicted octanol–water partition coefficient (Wildman–Crippen LogP) is 2.80. The monoisotopic (exact) mass is 233 g/mol. The molecule has 94 valence electrons. The van der Waals surface area contributed by atoms with Crippen molar-refractivity contribution in [3.8, 4) is 0 Å². The predicted molar refractivity (Wildman–Crippen MR) is 73.3 cm³/mol. The molecule has 0 aliphatic heterocycles. The Hall–Kier alpha value is -1.12. The van der Waals surface area contributed by atoms with Crippen molar-refractivity contribution >= 4 is 0 Å². The second-order valence-corrected chi connectivity index (χ2v) is 4.35. The van der Waals surface area contributed by atoms with Crippen molar-refractivity contribution in [2.24, 2.45) is 0 Å². The van der Waals surface area contributed by atoms with Gasteiger partial charge in [-0.15, -0.1) is 0 Å². The van der Waals surface area contributed by atoms with E-state index in [0.29, 0.717) is 6.61 Å². The van der Waals surface area contributed by atoms with Crippen molar-refractivity contribution in [3.05, 3.63) is 48.0 Å². The molecule has 0 aromatic heterocycles. The van der Waals surface area contributed by atoms with E-state index in [4.69, 9.17) is 4.74 Å². The molecule has 0 fully saturated rings. The maximum Gasteiger partial charge on any atom is 0.0672 e. The normalized spacial score (nSPS) is 10.4. The summed E-state index contributed by atoms with van der Waals surface area (Å²) in [7, 11) is 0. The Balaban J connectivity index is 1.90. The summed E-state index contributed by atoms with van der Waals surface area (Å²) < 4.78 is 5.40. The van der Waals surface area contributed by atoms with Gasteiger partial charge in [-0.2, -0.15) is 0 Å². The number of aryl methyl sites for hydroxylation is 1. The molecule has 1 aromatic rings. The molecule has 2 heteroatoms. The van der Waals surface area contributed by atoms with Gasteiger partial charge in [0, 0.05) is 6.54 Å². The lowest BCUT2D eigenvalue weighted by Gasteiger charge is -2.06. The van der Waals surface area contributed by atoms with Crippen LogP contribution in [0.25, 0.3) is 0 Å². The number of hydrogen-bond donors (Lipinski definition) is 1. The minimum Gasteiger partial charge on any atom is -0.376 e. The summed E-state index contributed by atoms with van der Waals surface area (Å²) in [5.74, 6) is 0. The van der Waals surface area contributed by atoms with E-state index in [1.54, 1.807) is 0 Å². The summed E-state index contributed by atoms with van der Waals surface area (Å²) in [6, 6.07) is 10.6. The standard InChI is InChI=1S/C15H23NO/c1-14(2)13-17-12-11-16-10-6-9-15-7-4-3-5-8-15/h3-5,7-8,16H,1,6,9-13H2,2H3. The number of rotatable bonds is 9. The number of nitrogens with one attached hydrogen (secondary N) is 1. The van der Waals surface area contributed by atoms with Gasteiger partial charge in [-0.1, -0.05) is 42.5 Å². The largest absolute Gasteiger partial charge is 0.376 e. The van der Waals surface area contributed by atoms with E-state index in [9.17, 15) is 0 Å². The highest BCUT2D eigenvalue weighted by Gasteiger charge is 1.92. The van der Waals surface area contributed by atoms with Gasteiger partial charge in [-0.3, -0.25) is 0 Å². The average molecular weight is 233 g/mol. The van der Waals surface area contributed by atoms with Crippen LogP contribution >= 0.6 is 0 Å². The first-order valence-corrected chi connectivity index (χ1v) is 6.26. The van der Waals surface area contributed by atoms with Crippen LogP contribution in [0.15, 0.2) is 42.5 Å². The molecule has 1 aromatic carbocycles. The molecule has 0 aliphatic carbocycles. The van der Waals surface area contributed by atoms with E-state index in [2.05, 4.69) is 42.2 Å². The summed E-state index contributed by atoms with van der Waals surface area (Å²) in [6.45, 7) is 9.17. The molecular weight excluding hydrogens is 210 g/mol. The molecule has 2 nitrogen and oxygen atoms in total. The molecule has 1 rings (SSSR count). The fraction of sp³-hybridized carbons (Fsp3) is 0.467. The zero-order chi connectivity index (χ0) is 12.3. The van der Waals surface area contributed by atoms with Crippen LogP contribution in [0.5, 0.6) is 0 Å². The summed E-state index contributed by atoms with van der Waals surface area (Å²) in [6.07, 6.45) is 2.31. The molecule has 0 radical (unpaired) electrons. The van der Waals surface area contributed by atoms with Crippen molar-refractivity contribution in [2.45, 2.75) is 19.8 Å². The summed E-state index contributed by atoms with van der Waals surface area (Å²) in [5.41, 5.74) is 2.49. The van der Waals surface area contributed by atoms with Gasteiger partial charge in [0.05, 0.1) is 13.2 Å². The van der Waals surface area contributed by atoms with Crippen LogP contribution < -0.4 is 5.32 Å². The van der Waals surface area contributed by atoms with Gasteiger partial charge in [-0.25, -0.2) is 0 Å². The Kier molecular flexibility index (Phi) is 7.35. The highest BCUT2D eigenvalue weighted by Crippen LogP contribution is 2.01. The van der Waals surface area contributed by atoms with Crippen molar-refractivity contribution in [1.29, 1.82) is 0 Å². The Labute approximate surface area is 105 Å². The number of ether oxygens (including phenoxy) is 1. The highest BCUT2D eigenvalue weighted by atomic mass is 16.5. The maximum atomic E-state index is 5.40. The summed E-state index contributed by atoms with van der Waals surface area (Å²) >= 11 is 0. The van der Waals surface area contributed by atoms with Crippen LogP contribution in [0, 0.1) is 0 Å². The molecule has 0 bridgehead atoms. The number of hydrogen-bond acceptors (Lipinski definition) is 2. The van der Waals surface area contributed by atoms with Crippen LogP contribution in [0.3, 0.4) is 0 Å². The molecule has 0 aliphatic rings. The van der Waals surface area contributed by atoms with Crippen LogP contribution in [0.4, 0.5) is 0 Å². The van der Waals surface area contributed by atoms with E-state index in [0.717, 1.165) is 31.7 Å². The van der Waals surface area contributed by atoms with E-state index < -0.39 is 0 Å². The molecule has 0 spiro atoms. The van der Waals surface area contributed by atoms with Crippen molar-refractivity contribution in [3.63, 3.8) is 0 Å². The second kappa shape index (κ2) is 8.97. The molecule has 0 saturated carbocycles. The van der Waals surface area contributed by atoms with E-state index in [1.807, 2.05) is 6.92 Å². The van der Waals surface area contributed by atoms with Crippen molar-refractivity contribution in [1.82, 2.24) is 5.32 Å². The molecule has 0 heterocycles. The third-order valence-electron chi connectivity index (χ3n) is 2.43. The van der Waals surface area contributed by atoms with E-state index in [1.165, 1.54) is 12.0 Å². The first-order valence-electron chi connectivity index (χ1n) is 6.26. The van der Waals surface area contributed by atoms with Crippen LogP contribution in [-0.4, -0.2) is 26.3 Å². The molecular formula is C15H23NO. The first-order chi connectivity index (χ1) is 8.29. The molecule has 1 N–H and O–H groups in total. The molecule has 0 unspecified atom stereocenters. The summed E-state index contributed by atoms with van der Waals surface area (Å²) in [4.78, 5) is 0. The van der Waals surface area contributed by atoms with Gasteiger partial charge < -0.3 is 10.1 Å². The quantitative estimate of drug-likeness (QED) is 0.523. The fourth-order valence-electron chi connectivity index (χ4n) is 1.58. The first kappa shape index (κ1) is 13.9. The van der Waals surface area contributed by atoms with Gasteiger partial charge in [0.1, 0.15) is 0 Å². The smallest absolute Gasteiger partial charge is 0.0672 e. The molecule has 0 atom stereocenters. The Morgan fingerprint density at radius 1 is 1.24 bits per heavy atom. The van der Waals surface area contributed by atoms with Gasteiger partial charge in [0.2, 0.25) is 0 Å². The molecule has 0 amide bonds. The topological polar surface area (TPSA) is 21.3 Å². The third-order valence-corrected chi connectivity index (χ3v) is 2.43. The van der Waals surface area contributed by atoms with Gasteiger partial charge in [0.15, 0.2) is 0 Å². The van der Waals surface area contributed by atoms with Crippen LogP contribution in [0.2, 0.25) is 0 Å². The summed E-state index contributed by atoms with van der Waals surface area (Å²) in [5, 5.41) is 3.37. The van der Waals surface area contributed by atoms with Gasteiger partial charge in [0.25, 0.3) is 0 Å². The third kappa shape index (κ3) is 7.72. The fourth-order valence-corrected chi connectivity index (χ4v) is 1.58. The minimum atomic E-state index is 0.672. The van der Waals surface area contributed by atoms with Crippen LogP contribution in [-0.2, 0) is 11.2 Å². The lowest BCUT2D eigenvalue weighted by atomic mass is 10.1. The van der Waals surface area contributed by atoms with E-state index in [-0.39, 0.29) is 0 Å². The lowest BCUT2D eigenvalue weighted by Crippen LogP contribution is -2.21. The Bertz CT molecular complexity index is 308. The SMILES string of the molecule is C=C(C)COCCNCCCc1ccccc1. The van der Waals surface area contributed by atoms with Crippen LogP contribution in [0.1, 0.15) is 18.9 Å². The lowest BCUT2D eigenvalue weighted by molar-refractivity contribution is 0.158. The zero-order valence-electron chi connectivity index (χ0n) is 10.7. The average Bonchev–Trinajstić information content (AvgIpc) is 2.33. The molecule has 17 heavy (non-hydrogen) atoms. The second-order valence-electron chi connectivity index (χ2n) is 4.35. The van der Waals surface area contributed by atoms with E-state index >= 15 is 0 Å². The minimum absolute atomic E-state index is 0.672. The molecule has 0 saturated heterocycles. The number of benzene rings is 1. The van der Waals surface area contributed by atoms with Gasteiger partial charge in [-0.05, 0) is 31.9 Å². The zero-order valence-corrected chi connectivity index (χ0v) is 10.7. The Morgan fingerprint density at radius 3 is 2.71 bits per heavy atom. The van der Waals surface area contributed by atoms with Crippen molar-refractivity contribution in [2.75, 3.05) is 26.3 Å². The Morgan fingerprint density at radius 2 is 2.00 bits per heavy atom.